The van der Waals surface area contributed by atoms with Gasteiger partial charge in [0.15, 0.2) is 0 Å². The number of hydrogen-bond donors (Lipinski definition) is 1. The Morgan fingerprint density at radius 3 is 2.61 bits per heavy atom. The number of ether oxygens (including phenoxy) is 1. The van der Waals surface area contributed by atoms with Crippen LogP contribution in [0.1, 0.15) is 5.56 Å². The number of aromatic nitrogens is 1. The normalized spacial score (nSPS) is 10.8. The van der Waals surface area contributed by atoms with Gasteiger partial charge in [0.1, 0.15) is 0 Å². The van der Waals surface area contributed by atoms with Gasteiger partial charge in [0.25, 0.3) is 0 Å². The molecule has 0 aliphatic rings. The highest BCUT2D eigenvalue weighted by Crippen LogP contribution is 2.23. The number of nitrogens with zero attached hydrogens (tertiary/aromatic N) is 2. The van der Waals surface area contributed by atoms with Crippen molar-refractivity contribution in [1.82, 2.24) is 4.98 Å². The highest BCUT2D eigenvalue weighted by Gasteiger charge is 2.33. The monoisotopic (exact) mass is 263 g/mol. The topological polar surface area (TPSA) is 109 Å². The summed E-state index contributed by atoms with van der Waals surface area (Å²) in [6, 6.07) is 2.05. The summed E-state index contributed by atoms with van der Waals surface area (Å²) in [6.45, 7) is 0. The smallest absolute Gasteiger partial charge is 0.397 e. The zero-order chi connectivity index (χ0) is 13.9. The molecule has 0 aromatic carbocycles. The summed E-state index contributed by atoms with van der Waals surface area (Å²) >= 11 is 0. The summed E-state index contributed by atoms with van der Waals surface area (Å²) in [6.07, 6.45) is -5.64. The van der Waals surface area contributed by atoms with Crippen LogP contribution < -0.4 is 10.3 Å². The van der Waals surface area contributed by atoms with Crippen LogP contribution in [0.3, 0.4) is 0 Å². The third-order valence-electron chi connectivity index (χ3n) is 1.74. The highest BCUT2D eigenvalue weighted by molar-refractivity contribution is 5.39. The third-order valence-corrected chi connectivity index (χ3v) is 1.74. The summed E-state index contributed by atoms with van der Waals surface area (Å²) in [5.74, 6) is -1.99. The molecule has 0 aliphatic carbocycles. The number of halogens is 3. The van der Waals surface area contributed by atoms with E-state index in [0.29, 0.717) is 6.07 Å². The molecule has 1 N–H and O–H groups in total. The van der Waals surface area contributed by atoms with Crippen LogP contribution in [0.2, 0.25) is 0 Å². The summed E-state index contributed by atoms with van der Waals surface area (Å²) in [4.78, 5) is 22.2. The molecule has 1 rings (SSSR count). The average molecular weight is 263 g/mol. The maximum Gasteiger partial charge on any atom is 0.573 e. The van der Waals surface area contributed by atoms with Gasteiger partial charge >= 0.3 is 17.7 Å². The fraction of sp³-hybridized carbons (Fsp3) is 0.250. The molecule has 18 heavy (non-hydrogen) atoms. The number of hydrogen-bond acceptors (Lipinski definition) is 5. The molecule has 0 saturated heterocycles. The van der Waals surface area contributed by atoms with Crippen LogP contribution in [-0.4, -0.2) is 16.3 Å². The van der Waals surface area contributed by atoms with E-state index in [1.54, 1.807) is 4.98 Å². The Hall–Kier alpha value is -2.57. The van der Waals surface area contributed by atoms with Crippen molar-refractivity contribution in [2.75, 3.05) is 0 Å². The zero-order valence-electron chi connectivity index (χ0n) is 8.45. The quantitative estimate of drug-likeness (QED) is 0.651. The van der Waals surface area contributed by atoms with Crippen molar-refractivity contribution in [2.45, 2.75) is 12.8 Å². The van der Waals surface area contributed by atoms with Crippen molar-refractivity contribution in [3.8, 4) is 11.8 Å². The van der Waals surface area contributed by atoms with Gasteiger partial charge in [0.2, 0.25) is 5.75 Å². The van der Waals surface area contributed by atoms with Gasteiger partial charge in [0, 0.05) is 6.07 Å². The minimum Gasteiger partial charge on any atom is -0.397 e. The second-order valence-electron chi connectivity index (χ2n) is 2.98. The lowest BCUT2D eigenvalue weighted by Crippen LogP contribution is -2.23. The Morgan fingerprint density at radius 2 is 2.17 bits per heavy atom. The summed E-state index contributed by atoms with van der Waals surface area (Å²) in [7, 11) is 0. The van der Waals surface area contributed by atoms with Gasteiger partial charge in [-0.15, -0.1) is 13.2 Å². The molecule has 0 radical (unpaired) electrons. The number of nitro groups is 1. The predicted molar refractivity (Wildman–Crippen MR) is 49.7 cm³/mol. The summed E-state index contributed by atoms with van der Waals surface area (Å²) in [5.41, 5.74) is -1.78. The molecular formula is C8H4F3N3O4. The van der Waals surface area contributed by atoms with Crippen LogP contribution in [0.25, 0.3) is 0 Å². The molecule has 10 heteroatoms. The fourth-order valence-electron chi connectivity index (χ4n) is 1.12. The molecule has 0 spiro atoms. The maximum absolute atomic E-state index is 11.9. The molecule has 1 aromatic heterocycles. The van der Waals surface area contributed by atoms with Gasteiger partial charge in [-0.05, 0) is 4.92 Å². The lowest BCUT2D eigenvalue weighted by molar-refractivity contribution is -0.390. The van der Waals surface area contributed by atoms with E-state index in [2.05, 4.69) is 4.74 Å². The SMILES string of the molecule is N#CCc1cc(OC(F)(F)F)c(=O)[nH]c1[N+](=O)[O-]. The van der Waals surface area contributed by atoms with E-state index in [0.717, 1.165) is 0 Å². The predicted octanol–water partition coefficient (Wildman–Crippen LogP) is 1.25. The van der Waals surface area contributed by atoms with Gasteiger partial charge in [-0.25, -0.2) is 4.79 Å². The molecule has 96 valence electrons. The number of alkyl halides is 3. The van der Waals surface area contributed by atoms with Crippen molar-refractivity contribution in [2.24, 2.45) is 0 Å². The second-order valence-corrected chi connectivity index (χ2v) is 2.98. The number of rotatable bonds is 3. The zero-order valence-corrected chi connectivity index (χ0v) is 8.45. The lowest BCUT2D eigenvalue weighted by atomic mass is 10.2. The van der Waals surface area contributed by atoms with Crippen LogP contribution in [-0.2, 0) is 6.42 Å². The van der Waals surface area contributed by atoms with E-state index in [-0.39, 0.29) is 5.56 Å². The van der Waals surface area contributed by atoms with E-state index in [4.69, 9.17) is 5.26 Å². The van der Waals surface area contributed by atoms with Crippen molar-refractivity contribution in [1.29, 1.82) is 5.26 Å². The number of nitriles is 1. The van der Waals surface area contributed by atoms with Gasteiger partial charge in [-0.1, -0.05) is 0 Å². The Bertz CT molecular complexity index is 572. The largest absolute Gasteiger partial charge is 0.573 e. The number of nitrogens with one attached hydrogen (secondary N) is 1. The Kier molecular flexibility index (Phi) is 3.55. The first-order valence-electron chi connectivity index (χ1n) is 4.28. The molecule has 0 unspecified atom stereocenters. The lowest BCUT2D eigenvalue weighted by Gasteiger charge is -2.08. The average Bonchev–Trinajstić information content (AvgIpc) is 2.20. The standard InChI is InChI=1S/C8H4F3N3O4/c9-8(10,11)18-5-3-4(1-2-12)6(14(16)17)13-7(5)15/h3H,1H2,(H,13,15). The van der Waals surface area contributed by atoms with E-state index in [9.17, 15) is 28.1 Å². The van der Waals surface area contributed by atoms with Gasteiger partial charge in [-0.3, -0.25) is 0 Å². The van der Waals surface area contributed by atoms with E-state index in [1.807, 2.05) is 0 Å². The van der Waals surface area contributed by atoms with Crippen LogP contribution in [0.4, 0.5) is 19.0 Å². The van der Waals surface area contributed by atoms with Crippen LogP contribution in [0.15, 0.2) is 10.9 Å². The Morgan fingerprint density at radius 1 is 1.56 bits per heavy atom. The second kappa shape index (κ2) is 4.74. The van der Waals surface area contributed by atoms with Crippen molar-refractivity contribution in [3.05, 3.63) is 32.1 Å². The Balaban J connectivity index is 3.33. The fourth-order valence-corrected chi connectivity index (χ4v) is 1.12. The molecule has 1 heterocycles. The van der Waals surface area contributed by atoms with E-state index in [1.165, 1.54) is 6.07 Å². The maximum atomic E-state index is 11.9. The number of aromatic amines is 1. The van der Waals surface area contributed by atoms with Crippen LogP contribution in [0.5, 0.6) is 5.75 Å². The third kappa shape index (κ3) is 3.21. The van der Waals surface area contributed by atoms with Crippen molar-refractivity contribution in [3.63, 3.8) is 0 Å². The first kappa shape index (κ1) is 13.5. The van der Waals surface area contributed by atoms with Crippen LogP contribution >= 0.6 is 0 Å². The van der Waals surface area contributed by atoms with Crippen molar-refractivity contribution < 1.29 is 22.8 Å². The minimum atomic E-state index is -5.10. The number of H-pyrrole nitrogens is 1. The molecule has 7 nitrogen and oxygen atoms in total. The van der Waals surface area contributed by atoms with Gasteiger partial charge in [0.05, 0.1) is 18.1 Å². The minimum absolute atomic E-state index is 0.374. The van der Waals surface area contributed by atoms with Gasteiger partial charge < -0.3 is 14.9 Å². The van der Waals surface area contributed by atoms with E-state index >= 15 is 0 Å². The molecule has 0 bridgehead atoms. The van der Waals surface area contributed by atoms with Crippen molar-refractivity contribution >= 4 is 5.82 Å². The first-order valence-corrected chi connectivity index (χ1v) is 4.28. The molecule has 0 saturated carbocycles. The number of pyridine rings is 1. The molecule has 0 amide bonds. The van der Waals surface area contributed by atoms with Gasteiger partial charge in [-0.2, -0.15) is 10.2 Å². The molecule has 0 atom stereocenters. The van der Waals surface area contributed by atoms with Crippen LogP contribution in [0, 0.1) is 21.4 Å². The Labute approximate surface area is 96.6 Å². The summed E-state index contributed by atoms with van der Waals surface area (Å²) < 4.78 is 39.2. The molecular weight excluding hydrogens is 259 g/mol. The first-order chi connectivity index (χ1) is 8.24. The summed E-state index contributed by atoms with van der Waals surface area (Å²) in [5, 5.41) is 18.9. The molecule has 1 aromatic rings. The molecule has 0 aliphatic heterocycles. The highest BCUT2D eigenvalue weighted by atomic mass is 19.4. The molecule has 0 fully saturated rings. The van der Waals surface area contributed by atoms with E-state index < -0.39 is 34.8 Å².